The van der Waals surface area contributed by atoms with Gasteiger partial charge in [0.2, 0.25) is 0 Å². The Balaban J connectivity index is 1.53. The van der Waals surface area contributed by atoms with E-state index in [-0.39, 0.29) is 5.82 Å². The van der Waals surface area contributed by atoms with Gasteiger partial charge in [0, 0.05) is 38.0 Å². The van der Waals surface area contributed by atoms with Crippen molar-refractivity contribution in [3.8, 4) is 0 Å². The van der Waals surface area contributed by atoms with Gasteiger partial charge in [-0.3, -0.25) is 0 Å². The maximum Gasteiger partial charge on any atom is 0.123 e. The van der Waals surface area contributed by atoms with E-state index in [9.17, 15) is 4.39 Å². The van der Waals surface area contributed by atoms with Crippen molar-refractivity contribution in [2.45, 2.75) is 32.2 Å². The van der Waals surface area contributed by atoms with Crippen LogP contribution in [0.15, 0.2) is 18.2 Å². The Kier molecular flexibility index (Phi) is 4.99. The maximum atomic E-state index is 13.2. The minimum atomic E-state index is -0.144. The molecule has 2 fully saturated rings. The quantitative estimate of drug-likeness (QED) is 0.850. The molecule has 122 valence electrons. The molecule has 2 saturated heterocycles. The predicted molar refractivity (Wildman–Crippen MR) is 87.9 cm³/mol. The van der Waals surface area contributed by atoms with Gasteiger partial charge in [0.15, 0.2) is 0 Å². The van der Waals surface area contributed by atoms with Crippen LogP contribution in [-0.4, -0.2) is 50.8 Å². The Bertz CT molecular complexity index is 494. The van der Waals surface area contributed by atoms with Crippen LogP contribution in [0.2, 0.25) is 0 Å². The molecule has 2 aliphatic heterocycles. The van der Waals surface area contributed by atoms with Crippen LogP contribution in [0.4, 0.5) is 10.1 Å². The molecule has 1 unspecified atom stereocenters. The van der Waals surface area contributed by atoms with E-state index in [0.29, 0.717) is 12.0 Å². The minimum Gasteiger partial charge on any atom is -0.381 e. The minimum absolute atomic E-state index is 0.144. The summed E-state index contributed by atoms with van der Waals surface area (Å²) in [7, 11) is 2.25. The molecule has 3 nitrogen and oxygen atoms in total. The van der Waals surface area contributed by atoms with Crippen LogP contribution in [0.1, 0.15) is 24.8 Å². The number of hydrogen-bond donors (Lipinski definition) is 0. The number of ether oxygens (including phenoxy) is 1. The number of piperidine rings is 1. The van der Waals surface area contributed by atoms with E-state index < -0.39 is 0 Å². The third kappa shape index (κ3) is 3.61. The van der Waals surface area contributed by atoms with Crippen LogP contribution in [-0.2, 0) is 4.74 Å². The number of nitrogens with zero attached hydrogens (tertiary/aromatic N) is 2. The van der Waals surface area contributed by atoms with E-state index >= 15 is 0 Å². The molecular weight excluding hydrogens is 279 g/mol. The topological polar surface area (TPSA) is 15.7 Å². The van der Waals surface area contributed by atoms with E-state index in [1.807, 2.05) is 13.0 Å². The summed E-state index contributed by atoms with van der Waals surface area (Å²) in [6, 6.07) is 5.79. The summed E-state index contributed by atoms with van der Waals surface area (Å²) in [5.74, 6) is 0.567. The predicted octanol–water partition coefficient (Wildman–Crippen LogP) is 3.07. The fraction of sp³-hybridized carbons (Fsp3) is 0.667. The Morgan fingerprint density at radius 1 is 1.27 bits per heavy atom. The monoisotopic (exact) mass is 306 g/mol. The summed E-state index contributed by atoms with van der Waals surface area (Å²) in [5, 5.41) is 0. The number of rotatable bonds is 4. The fourth-order valence-electron chi connectivity index (χ4n) is 3.80. The molecule has 3 rings (SSSR count). The van der Waals surface area contributed by atoms with E-state index in [1.54, 1.807) is 12.1 Å². The highest BCUT2D eigenvalue weighted by Gasteiger charge is 2.26. The van der Waals surface area contributed by atoms with Gasteiger partial charge in [0.05, 0.1) is 6.61 Å². The molecule has 1 atom stereocenters. The largest absolute Gasteiger partial charge is 0.381 e. The lowest BCUT2D eigenvalue weighted by Crippen LogP contribution is -2.45. The number of aryl methyl sites for hydroxylation is 1. The fourth-order valence-corrected chi connectivity index (χ4v) is 3.80. The molecule has 0 radical (unpaired) electrons. The molecule has 1 aromatic rings. The van der Waals surface area contributed by atoms with E-state index in [2.05, 4.69) is 16.8 Å². The molecule has 0 spiro atoms. The number of halogens is 1. The second kappa shape index (κ2) is 6.97. The molecule has 0 N–H and O–H groups in total. The smallest absolute Gasteiger partial charge is 0.123 e. The van der Waals surface area contributed by atoms with E-state index in [4.69, 9.17) is 4.74 Å². The van der Waals surface area contributed by atoms with Crippen LogP contribution in [0, 0.1) is 18.7 Å². The van der Waals surface area contributed by atoms with Crippen molar-refractivity contribution in [2.24, 2.45) is 5.92 Å². The Morgan fingerprint density at radius 3 is 2.68 bits per heavy atom. The van der Waals surface area contributed by atoms with Crippen molar-refractivity contribution >= 4 is 5.69 Å². The third-order valence-corrected chi connectivity index (χ3v) is 5.16. The van der Waals surface area contributed by atoms with Gasteiger partial charge in [0.1, 0.15) is 5.82 Å². The summed E-state index contributed by atoms with van der Waals surface area (Å²) in [6.45, 7) is 7.13. The zero-order valence-electron chi connectivity index (χ0n) is 13.7. The third-order valence-electron chi connectivity index (χ3n) is 5.16. The Labute approximate surface area is 133 Å². The molecule has 4 heteroatoms. The first-order chi connectivity index (χ1) is 10.6. The average molecular weight is 306 g/mol. The van der Waals surface area contributed by atoms with Crippen LogP contribution in [0.25, 0.3) is 0 Å². The van der Waals surface area contributed by atoms with Gasteiger partial charge in [-0.15, -0.1) is 0 Å². The van der Waals surface area contributed by atoms with Gasteiger partial charge in [0.25, 0.3) is 0 Å². The zero-order chi connectivity index (χ0) is 15.5. The summed E-state index contributed by atoms with van der Waals surface area (Å²) in [4.78, 5) is 4.92. The van der Waals surface area contributed by atoms with Gasteiger partial charge in [-0.1, -0.05) is 0 Å². The SMILES string of the molecule is Cc1cc(F)ccc1N1CCC(N(C)CC2CCOC2)CC1. The summed E-state index contributed by atoms with van der Waals surface area (Å²) in [5.41, 5.74) is 2.22. The van der Waals surface area contributed by atoms with Crippen molar-refractivity contribution < 1.29 is 9.13 Å². The number of anilines is 1. The molecule has 0 aromatic heterocycles. The number of hydrogen-bond acceptors (Lipinski definition) is 3. The van der Waals surface area contributed by atoms with Crippen molar-refractivity contribution in [2.75, 3.05) is 44.8 Å². The normalized spacial score (nSPS) is 23.5. The van der Waals surface area contributed by atoms with E-state index in [0.717, 1.165) is 38.4 Å². The lowest BCUT2D eigenvalue weighted by Gasteiger charge is -2.39. The van der Waals surface area contributed by atoms with Crippen molar-refractivity contribution in [3.63, 3.8) is 0 Å². The number of benzene rings is 1. The van der Waals surface area contributed by atoms with Crippen LogP contribution in [0.3, 0.4) is 0 Å². The van der Waals surface area contributed by atoms with Crippen molar-refractivity contribution in [1.29, 1.82) is 0 Å². The Hall–Kier alpha value is -1.13. The molecule has 0 saturated carbocycles. The van der Waals surface area contributed by atoms with Crippen molar-refractivity contribution in [3.05, 3.63) is 29.6 Å². The Morgan fingerprint density at radius 2 is 2.05 bits per heavy atom. The highest BCUT2D eigenvalue weighted by molar-refractivity contribution is 5.53. The first kappa shape index (κ1) is 15.8. The molecule has 22 heavy (non-hydrogen) atoms. The molecule has 2 heterocycles. The summed E-state index contributed by atoms with van der Waals surface area (Å²) in [6.07, 6.45) is 3.57. The average Bonchev–Trinajstić information content (AvgIpc) is 3.00. The van der Waals surface area contributed by atoms with Crippen molar-refractivity contribution in [1.82, 2.24) is 4.90 Å². The lowest BCUT2D eigenvalue weighted by atomic mass is 10.00. The molecular formula is C18H27FN2O. The van der Waals surface area contributed by atoms with Crippen LogP contribution < -0.4 is 4.90 Å². The van der Waals surface area contributed by atoms with Gasteiger partial charge in [-0.2, -0.15) is 0 Å². The molecule has 0 amide bonds. The molecule has 1 aromatic carbocycles. The molecule has 0 aliphatic carbocycles. The molecule has 2 aliphatic rings. The lowest BCUT2D eigenvalue weighted by molar-refractivity contribution is 0.150. The zero-order valence-corrected chi connectivity index (χ0v) is 13.7. The van der Waals surface area contributed by atoms with Gasteiger partial charge in [-0.25, -0.2) is 4.39 Å². The first-order valence-corrected chi connectivity index (χ1v) is 8.42. The van der Waals surface area contributed by atoms with E-state index in [1.165, 1.54) is 24.9 Å². The first-order valence-electron chi connectivity index (χ1n) is 8.42. The standard InChI is InChI=1S/C18H27FN2O/c1-14-11-16(19)3-4-18(14)21-8-5-17(6-9-21)20(2)12-15-7-10-22-13-15/h3-4,11,15,17H,5-10,12-13H2,1-2H3. The summed E-state index contributed by atoms with van der Waals surface area (Å²) >= 11 is 0. The van der Waals surface area contributed by atoms with Crippen LogP contribution in [0.5, 0.6) is 0 Å². The highest BCUT2D eigenvalue weighted by Crippen LogP contribution is 2.26. The second-order valence-electron chi connectivity index (χ2n) is 6.82. The van der Waals surface area contributed by atoms with Gasteiger partial charge >= 0.3 is 0 Å². The highest BCUT2D eigenvalue weighted by atomic mass is 19.1. The van der Waals surface area contributed by atoms with Gasteiger partial charge in [-0.05, 0) is 62.9 Å². The summed E-state index contributed by atoms with van der Waals surface area (Å²) < 4.78 is 18.7. The van der Waals surface area contributed by atoms with Gasteiger partial charge < -0.3 is 14.5 Å². The second-order valence-corrected chi connectivity index (χ2v) is 6.82. The van der Waals surface area contributed by atoms with Crippen LogP contribution >= 0.6 is 0 Å². The maximum absolute atomic E-state index is 13.2. The molecule has 0 bridgehead atoms.